The summed E-state index contributed by atoms with van der Waals surface area (Å²) in [7, 11) is -2.96. The van der Waals surface area contributed by atoms with Crippen molar-refractivity contribution in [2.45, 2.75) is 26.8 Å². The second-order valence-electron chi connectivity index (χ2n) is 5.38. The van der Waals surface area contributed by atoms with Gasteiger partial charge < -0.3 is 9.67 Å². The normalized spacial score (nSPS) is 12.0. The molecule has 2 aromatic rings. The highest BCUT2D eigenvalue weighted by molar-refractivity contribution is 7.90. The van der Waals surface area contributed by atoms with Gasteiger partial charge in [-0.15, -0.1) is 0 Å². The number of fused-ring (bicyclic) bond motifs is 1. The van der Waals surface area contributed by atoms with Crippen LogP contribution >= 0.6 is 0 Å². The fourth-order valence-electron chi connectivity index (χ4n) is 2.56. The van der Waals surface area contributed by atoms with Crippen molar-refractivity contribution in [1.29, 1.82) is 0 Å². The number of carbonyl (C=O) groups is 1. The van der Waals surface area contributed by atoms with Gasteiger partial charge in [0.05, 0.1) is 11.3 Å². The monoisotopic (exact) mass is 309 g/mol. The molecule has 0 bridgehead atoms. The topological polar surface area (TPSA) is 76.4 Å². The van der Waals surface area contributed by atoms with E-state index in [4.69, 9.17) is 5.11 Å². The number of rotatable bonds is 5. The van der Waals surface area contributed by atoms with Crippen molar-refractivity contribution < 1.29 is 18.3 Å². The van der Waals surface area contributed by atoms with Crippen molar-refractivity contribution in [3.05, 3.63) is 35.0 Å². The average Bonchev–Trinajstić information content (AvgIpc) is 2.62. The van der Waals surface area contributed by atoms with Gasteiger partial charge in [-0.3, -0.25) is 0 Å². The van der Waals surface area contributed by atoms with Gasteiger partial charge in [0.1, 0.15) is 9.84 Å². The first-order valence-corrected chi connectivity index (χ1v) is 8.77. The SMILES string of the molecule is Cc1c(C)n(CCCS(C)(=O)=O)c2ccc(C(=O)O)cc12. The molecule has 0 aliphatic rings. The molecule has 0 unspecified atom stereocenters. The molecule has 0 aliphatic carbocycles. The lowest BCUT2D eigenvalue weighted by Crippen LogP contribution is -2.08. The summed E-state index contributed by atoms with van der Waals surface area (Å²) in [4.78, 5) is 11.1. The first kappa shape index (κ1) is 15.6. The number of aromatic nitrogens is 1. The first-order valence-electron chi connectivity index (χ1n) is 6.71. The van der Waals surface area contributed by atoms with Crippen LogP contribution in [0.25, 0.3) is 10.9 Å². The minimum absolute atomic E-state index is 0.151. The number of carboxylic acid groups (broad SMARTS) is 1. The van der Waals surface area contributed by atoms with Gasteiger partial charge in [0.2, 0.25) is 0 Å². The van der Waals surface area contributed by atoms with E-state index in [9.17, 15) is 13.2 Å². The van der Waals surface area contributed by atoms with Crippen molar-refractivity contribution >= 4 is 26.7 Å². The minimum Gasteiger partial charge on any atom is -0.478 e. The summed E-state index contributed by atoms with van der Waals surface area (Å²) in [5.41, 5.74) is 3.29. The van der Waals surface area contributed by atoms with Crippen molar-refractivity contribution in [3.8, 4) is 0 Å². The van der Waals surface area contributed by atoms with Crippen LogP contribution in [0.3, 0.4) is 0 Å². The van der Waals surface area contributed by atoms with Crippen molar-refractivity contribution in [1.82, 2.24) is 4.57 Å². The second-order valence-corrected chi connectivity index (χ2v) is 7.64. The van der Waals surface area contributed by atoms with E-state index < -0.39 is 15.8 Å². The molecule has 0 radical (unpaired) electrons. The van der Waals surface area contributed by atoms with E-state index >= 15 is 0 Å². The summed E-state index contributed by atoms with van der Waals surface area (Å²) < 4.78 is 24.5. The zero-order chi connectivity index (χ0) is 15.8. The van der Waals surface area contributed by atoms with Gasteiger partial charge >= 0.3 is 5.97 Å². The Kier molecular flexibility index (Phi) is 4.09. The Morgan fingerprint density at radius 1 is 1.29 bits per heavy atom. The zero-order valence-corrected chi connectivity index (χ0v) is 13.2. The number of nitrogens with zero attached hydrogens (tertiary/aromatic N) is 1. The largest absolute Gasteiger partial charge is 0.478 e. The van der Waals surface area contributed by atoms with Gasteiger partial charge in [-0.25, -0.2) is 13.2 Å². The molecular formula is C15H19NO4S. The number of aryl methyl sites for hydroxylation is 2. The number of hydrogen-bond donors (Lipinski definition) is 1. The fraction of sp³-hybridized carbons (Fsp3) is 0.400. The van der Waals surface area contributed by atoms with E-state index in [0.717, 1.165) is 22.2 Å². The lowest BCUT2D eigenvalue weighted by molar-refractivity contribution is 0.0697. The smallest absolute Gasteiger partial charge is 0.335 e. The number of sulfone groups is 1. The summed E-state index contributed by atoms with van der Waals surface area (Å²) in [5.74, 6) is -0.794. The van der Waals surface area contributed by atoms with Crippen molar-refractivity contribution in [2.75, 3.05) is 12.0 Å². The molecule has 1 aromatic carbocycles. The molecule has 21 heavy (non-hydrogen) atoms. The van der Waals surface area contributed by atoms with Crippen LogP contribution in [0.5, 0.6) is 0 Å². The van der Waals surface area contributed by atoms with Crippen LogP contribution < -0.4 is 0 Å². The lowest BCUT2D eigenvalue weighted by atomic mass is 10.1. The van der Waals surface area contributed by atoms with E-state index in [1.165, 1.54) is 6.26 Å². The molecule has 0 saturated carbocycles. The van der Waals surface area contributed by atoms with Gasteiger partial charge in [0, 0.05) is 29.4 Å². The summed E-state index contributed by atoms with van der Waals surface area (Å²) in [6.45, 7) is 4.53. The van der Waals surface area contributed by atoms with Crippen LogP contribution in [-0.4, -0.2) is 36.1 Å². The standard InChI is InChI=1S/C15H19NO4S/c1-10-11(2)16(7-4-8-21(3,19)20)14-6-5-12(15(17)18)9-13(10)14/h5-6,9H,4,7-8H2,1-3H3,(H,17,18). The number of benzene rings is 1. The Hall–Kier alpha value is -1.82. The number of aromatic carboxylic acids is 1. The van der Waals surface area contributed by atoms with Crippen LogP contribution in [0.4, 0.5) is 0 Å². The molecule has 6 heteroatoms. The third-order valence-electron chi connectivity index (χ3n) is 3.78. The van der Waals surface area contributed by atoms with Crippen LogP contribution in [0.2, 0.25) is 0 Å². The predicted molar refractivity (Wildman–Crippen MR) is 82.7 cm³/mol. The van der Waals surface area contributed by atoms with Gasteiger partial charge in [-0.2, -0.15) is 0 Å². The maximum Gasteiger partial charge on any atom is 0.335 e. The molecular weight excluding hydrogens is 290 g/mol. The van der Waals surface area contributed by atoms with Gasteiger partial charge in [0.15, 0.2) is 0 Å². The molecule has 5 nitrogen and oxygen atoms in total. The quantitative estimate of drug-likeness (QED) is 0.920. The Labute approximate surface area is 124 Å². The highest BCUT2D eigenvalue weighted by atomic mass is 32.2. The Bertz CT molecular complexity index is 803. The summed E-state index contributed by atoms with van der Waals surface area (Å²) >= 11 is 0. The highest BCUT2D eigenvalue weighted by Crippen LogP contribution is 2.26. The summed E-state index contributed by atoms with van der Waals surface area (Å²) in [6, 6.07) is 5.04. The third kappa shape index (κ3) is 3.26. The van der Waals surface area contributed by atoms with E-state index in [1.807, 2.05) is 13.8 Å². The Morgan fingerprint density at radius 2 is 1.95 bits per heavy atom. The summed E-state index contributed by atoms with van der Waals surface area (Å²) in [5, 5.41) is 9.98. The Balaban J connectivity index is 2.40. The molecule has 1 heterocycles. The molecule has 1 N–H and O–H groups in total. The minimum atomic E-state index is -2.96. The molecule has 114 valence electrons. The van der Waals surface area contributed by atoms with Gasteiger partial charge in [-0.1, -0.05) is 0 Å². The average molecular weight is 309 g/mol. The molecule has 0 fully saturated rings. The highest BCUT2D eigenvalue weighted by Gasteiger charge is 2.13. The van der Waals surface area contributed by atoms with Gasteiger partial charge in [-0.05, 0) is 44.0 Å². The lowest BCUT2D eigenvalue weighted by Gasteiger charge is -2.08. The van der Waals surface area contributed by atoms with E-state index in [-0.39, 0.29) is 11.3 Å². The fourth-order valence-corrected chi connectivity index (χ4v) is 3.21. The molecule has 2 rings (SSSR count). The molecule has 0 saturated heterocycles. The van der Waals surface area contributed by atoms with Crippen LogP contribution in [0.1, 0.15) is 28.0 Å². The van der Waals surface area contributed by atoms with Crippen LogP contribution in [0.15, 0.2) is 18.2 Å². The maximum atomic E-state index is 11.2. The second kappa shape index (κ2) is 5.52. The van der Waals surface area contributed by atoms with E-state index in [0.29, 0.717) is 13.0 Å². The van der Waals surface area contributed by atoms with Crippen LogP contribution in [0, 0.1) is 13.8 Å². The molecule has 1 aromatic heterocycles. The molecule has 0 amide bonds. The van der Waals surface area contributed by atoms with E-state index in [1.54, 1.807) is 18.2 Å². The Morgan fingerprint density at radius 3 is 2.52 bits per heavy atom. The van der Waals surface area contributed by atoms with Crippen molar-refractivity contribution in [2.24, 2.45) is 0 Å². The van der Waals surface area contributed by atoms with Crippen LogP contribution in [-0.2, 0) is 16.4 Å². The molecule has 0 aliphatic heterocycles. The number of hydrogen-bond acceptors (Lipinski definition) is 3. The molecule has 0 spiro atoms. The zero-order valence-electron chi connectivity index (χ0n) is 12.4. The first-order chi connectivity index (χ1) is 9.70. The van der Waals surface area contributed by atoms with Gasteiger partial charge in [0.25, 0.3) is 0 Å². The number of carboxylic acids is 1. The molecule has 0 atom stereocenters. The predicted octanol–water partition coefficient (Wildman–Crippen LogP) is 2.39. The van der Waals surface area contributed by atoms with E-state index in [2.05, 4.69) is 4.57 Å². The van der Waals surface area contributed by atoms with Crippen molar-refractivity contribution in [3.63, 3.8) is 0 Å². The summed E-state index contributed by atoms with van der Waals surface area (Å²) in [6.07, 6.45) is 1.78. The maximum absolute atomic E-state index is 11.2. The third-order valence-corrected chi connectivity index (χ3v) is 4.81.